The molecule has 6 heteroatoms. The number of carbonyl (C=O) groups excluding carboxylic acids is 1. The molecule has 0 saturated carbocycles. The van der Waals surface area contributed by atoms with Gasteiger partial charge in [-0.2, -0.15) is 13.2 Å². The Morgan fingerprint density at radius 3 is 2.42 bits per heavy atom. The number of benzene rings is 1. The number of anilines is 1. The van der Waals surface area contributed by atoms with Crippen LogP contribution in [0.25, 0.3) is 0 Å². The van der Waals surface area contributed by atoms with Crippen LogP contribution in [-0.4, -0.2) is 10.8 Å². The second-order valence-corrected chi connectivity index (χ2v) is 3.81. The maximum atomic E-state index is 12.9. The van der Waals surface area contributed by atoms with E-state index < -0.39 is 28.8 Å². The number of nitrogens with zero attached hydrogens (tertiary/aromatic N) is 1. The number of pyridine rings is 1. The largest absolute Gasteiger partial charge is 0.419 e. The molecule has 1 aromatic heterocycles. The van der Waals surface area contributed by atoms with Crippen molar-refractivity contribution < 1.29 is 18.0 Å². The molecule has 0 saturated heterocycles. The highest BCUT2D eigenvalue weighted by molar-refractivity contribution is 6.09. The van der Waals surface area contributed by atoms with E-state index in [2.05, 4.69) is 4.98 Å². The van der Waals surface area contributed by atoms with E-state index in [0.29, 0.717) is 0 Å². The number of nitrogen functional groups attached to an aromatic ring is 1. The van der Waals surface area contributed by atoms with Crippen molar-refractivity contribution in [2.24, 2.45) is 0 Å². The molecule has 2 rings (SSSR count). The van der Waals surface area contributed by atoms with Gasteiger partial charge in [-0.15, -0.1) is 0 Å². The SMILES string of the molecule is Nc1cccc(C(=O)c2ccccn2)c1C(F)(F)F. The molecule has 0 aliphatic carbocycles. The summed E-state index contributed by atoms with van der Waals surface area (Å²) in [5.41, 5.74) is 3.18. The molecule has 1 aromatic carbocycles. The number of hydrogen-bond acceptors (Lipinski definition) is 3. The number of halogens is 3. The first-order valence-electron chi connectivity index (χ1n) is 5.32. The maximum absolute atomic E-state index is 12.9. The number of ketones is 1. The van der Waals surface area contributed by atoms with Crippen LogP contribution in [0.3, 0.4) is 0 Å². The van der Waals surface area contributed by atoms with Gasteiger partial charge in [-0.1, -0.05) is 18.2 Å². The number of nitrogens with two attached hydrogens (primary N) is 1. The zero-order valence-corrected chi connectivity index (χ0v) is 9.61. The van der Waals surface area contributed by atoms with Crippen molar-refractivity contribution in [2.75, 3.05) is 5.73 Å². The maximum Gasteiger partial charge on any atom is 0.419 e. The van der Waals surface area contributed by atoms with Crippen LogP contribution in [0, 0.1) is 0 Å². The second kappa shape index (κ2) is 4.72. The molecule has 0 aliphatic rings. The first-order chi connectivity index (χ1) is 8.91. The quantitative estimate of drug-likeness (QED) is 0.671. The van der Waals surface area contributed by atoms with E-state index in [0.717, 1.165) is 12.1 Å². The minimum absolute atomic E-state index is 0.0569. The lowest BCUT2D eigenvalue weighted by molar-refractivity contribution is -0.137. The van der Waals surface area contributed by atoms with E-state index in [9.17, 15) is 18.0 Å². The first-order valence-corrected chi connectivity index (χ1v) is 5.32. The van der Waals surface area contributed by atoms with Crippen molar-refractivity contribution in [3.8, 4) is 0 Å². The van der Waals surface area contributed by atoms with E-state index in [4.69, 9.17) is 5.73 Å². The number of carbonyl (C=O) groups is 1. The second-order valence-electron chi connectivity index (χ2n) is 3.81. The summed E-state index contributed by atoms with van der Waals surface area (Å²) in [6, 6.07) is 7.96. The predicted molar refractivity (Wildman–Crippen MR) is 63.5 cm³/mol. The molecule has 3 nitrogen and oxygen atoms in total. The Bertz CT molecular complexity index is 609. The topological polar surface area (TPSA) is 56.0 Å². The normalized spacial score (nSPS) is 11.3. The monoisotopic (exact) mass is 266 g/mol. The summed E-state index contributed by atoms with van der Waals surface area (Å²) in [5, 5.41) is 0. The van der Waals surface area contributed by atoms with Gasteiger partial charge in [-0.3, -0.25) is 9.78 Å². The van der Waals surface area contributed by atoms with Crippen molar-refractivity contribution in [1.82, 2.24) is 4.98 Å². The Balaban J connectivity index is 2.58. The lowest BCUT2D eigenvalue weighted by Gasteiger charge is -2.14. The van der Waals surface area contributed by atoms with Crippen LogP contribution in [0.4, 0.5) is 18.9 Å². The molecule has 98 valence electrons. The lowest BCUT2D eigenvalue weighted by Crippen LogP contribution is -2.16. The zero-order chi connectivity index (χ0) is 14.0. The molecular formula is C13H9F3N2O. The molecule has 2 aromatic rings. The Morgan fingerprint density at radius 1 is 1.11 bits per heavy atom. The fraction of sp³-hybridized carbons (Fsp3) is 0.0769. The van der Waals surface area contributed by atoms with Gasteiger partial charge in [0.2, 0.25) is 5.78 Å². The minimum Gasteiger partial charge on any atom is -0.398 e. The Morgan fingerprint density at radius 2 is 1.84 bits per heavy atom. The standard InChI is InChI=1S/C13H9F3N2O/c14-13(15,16)11-8(4-3-5-9(11)17)12(19)10-6-1-2-7-18-10/h1-7H,17H2. The molecule has 19 heavy (non-hydrogen) atoms. The molecule has 0 spiro atoms. The van der Waals surface area contributed by atoms with E-state index in [1.165, 1.54) is 24.4 Å². The molecule has 0 aliphatic heterocycles. The number of hydrogen-bond donors (Lipinski definition) is 1. The third kappa shape index (κ3) is 2.57. The molecule has 0 radical (unpaired) electrons. The highest BCUT2D eigenvalue weighted by Crippen LogP contribution is 2.36. The molecule has 2 N–H and O–H groups in total. The summed E-state index contributed by atoms with van der Waals surface area (Å²) in [6.45, 7) is 0. The van der Waals surface area contributed by atoms with E-state index in [1.807, 2.05) is 0 Å². The van der Waals surface area contributed by atoms with Crippen molar-refractivity contribution in [3.63, 3.8) is 0 Å². The van der Waals surface area contributed by atoms with Gasteiger partial charge >= 0.3 is 6.18 Å². The summed E-state index contributed by atoms with van der Waals surface area (Å²) in [6.07, 6.45) is -3.35. The van der Waals surface area contributed by atoms with Crippen molar-refractivity contribution in [2.45, 2.75) is 6.18 Å². The van der Waals surface area contributed by atoms with Crippen LogP contribution >= 0.6 is 0 Å². The van der Waals surface area contributed by atoms with Crippen LogP contribution in [0.2, 0.25) is 0 Å². The summed E-state index contributed by atoms with van der Waals surface area (Å²) < 4.78 is 38.8. The molecule has 0 amide bonds. The van der Waals surface area contributed by atoms with Gasteiger partial charge in [-0.25, -0.2) is 0 Å². The van der Waals surface area contributed by atoms with Crippen LogP contribution in [0.5, 0.6) is 0 Å². The summed E-state index contributed by atoms with van der Waals surface area (Å²) in [7, 11) is 0. The number of rotatable bonds is 2. The average Bonchev–Trinajstić information content (AvgIpc) is 2.37. The molecule has 0 fully saturated rings. The molecule has 0 atom stereocenters. The summed E-state index contributed by atoms with van der Waals surface area (Å²) in [5.74, 6) is -0.805. The van der Waals surface area contributed by atoms with E-state index in [-0.39, 0.29) is 5.69 Å². The molecule has 0 unspecified atom stereocenters. The van der Waals surface area contributed by atoms with Gasteiger partial charge in [0.25, 0.3) is 0 Å². The smallest absolute Gasteiger partial charge is 0.398 e. The van der Waals surface area contributed by atoms with Gasteiger partial charge in [0, 0.05) is 17.4 Å². The Hall–Kier alpha value is -2.37. The molecule has 0 bridgehead atoms. The van der Waals surface area contributed by atoms with Crippen LogP contribution in [-0.2, 0) is 6.18 Å². The average molecular weight is 266 g/mol. The number of aromatic nitrogens is 1. The minimum atomic E-state index is -4.69. The summed E-state index contributed by atoms with van der Waals surface area (Å²) >= 11 is 0. The van der Waals surface area contributed by atoms with Gasteiger partial charge < -0.3 is 5.73 Å². The third-order valence-electron chi connectivity index (χ3n) is 2.52. The van der Waals surface area contributed by atoms with Gasteiger partial charge in [0.05, 0.1) is 5.56 Å². The zero-order valence-electron chi connectivity index (χ0n) is 9.61. The summed E-state index contributed by atoms with van der Waals surface area (Å²) in [4.78, 5) is 15.8. The highest BCUT2D eigenvalue weighted by Gasteiger charge is 2.37. The van der Waals surface area contributed by atoms with Crippen LogP contribution in [0.15, 0.2) is 42.6 Å². The van der Waals surface area contributed by atoms with E-state index in [1.54, 1.807) is 6.07 Å². The van der Waals surface area contributed by atoms with Crippen molar-refractivity contribution >= 4 is 11.5 Å². The molecule has 1 heterocycles. The Kier molecular flexibility index (Phi) is 3.25. The highest BCUT2D eigenvalue weighted by atomic mass is 19.4. The van der Waals surface area contributed by atoms with Crippen molar-refractivity contribution in [3.05, 3.63) is 59.4 Å². The molecular weight excluding hydrogens is 257 g/mol. The lowest BCUT2D eigenvalue weighted by atomic mass is 9.99. The van der Waals surface area contributed by atoms with Crippen molar-refractivity contribution in [1.29, 1.82) is 0 Å². The first kappa shape index (κ1) is 13.1. The Labute approximate surface area is 106 Å². The van der Waals surface area contributed by atoms with E-state index >= 15 is 0 Å². The van der Waals surface area contributed by atoms with Gasteiger partial charge in [0.15, 0.2) is 0 Å². The fourth-order valence-corrected chi connectivity index (χ4v) is 1.71. The van der Waals surface area contributed by atoms with Gasteiger partial charge in [-0.05, 0) is 18.2 Å². The number of alkyl halides is 3. The van der Waals surface area contributed by atoms with Crippen LogP contribution in [0.1, 0.15) is 21.6 Å². The van der Waals surface area contributed by atoms with Gasteiger partial charge in [0.1, 0.15) is 5.69 Å². The fourth-order valence-electron chi connectivity index (χ4n) is 1.71. The third-order valence-corrected chi connectivity index (χ3v) is 2.52. The predicted octanol–water partition coefficient (Wildman–Crippen LogP) is 2.91. The van der Waals surface area contributed by atoms with Crippen LogP contribution < -0.4 is 5.73 Å².